The smallest absolute Gasteiger partial charge is 0.00398 e. The average molecular weight is 202 g/mol. The van der Waals surface area contributed by atoms with E-state index >= 15 is 0 Å². The Morgan fingerprint density at radius 3 is 2.69 bits per heavy atom. The zero-order chi connectivity index (χ0) is 8.77. The molecule has 3 rings (SSSR count). The molecule has 0 aromatic heterocycles. The van der Waals surface area contributed by atoms with E-state index in [1.807, 2.05) is 0 Å². The van der Waals surface area contributed by atoms with Crippen molar-refractivity contribution < 1.29 is 0 Å². The van der Waals surface area contributed by atoms with Crippen LogP contribution in [0.15, 0.2) is 11.6 Å². The molecule has 0 spiro atoms. The highest BCUT2D eigenvalue weighted by Gasteiger charge is 2.50. The first-order valence-corrected chi connectivity index (χ1v) is 5.05. The first kappa shape index (κ1) is 11.1. The molecular formula is C11H20ClN. The highest BCUT2D eigenvalue weighted by atomic mass is 35.5. The second-order valence-electron chi connectivity index (χ2n) is 4.86. The normalized spacial score (nSPS) is 34.2. The molecule has 1 saturated carbocycles. The third-order valence-electron chi connectivity index (χ3n) is 4.02. The van der Waals surface area contributed by atoms with Crippen molar-refractivity contribution in [2.75, 3.05) is 6.54 Å². The number of hydrogen-bond donors (Lipinski definition) is 1. The van der Waals surface area contributed by atoms with E-state index in [1.165, 1.54) is 12.8 Å². The summed E-state index contributed by atoms with van der Waals surface area (Å²) in [6.07, 6.45) is 6.30. The van der Waals surface area contributed by atoms with Crippen LogP contribution in [-0.4, -0.2) is 6.54 Å². The lowest BCUT2D eigenvalue weighted by Crippen LogP contribution is -2.48. The topological polar surface area (TPSA) is 26.0 Å². The third-order valence-corrected chi connectivity index (χ3v) is 4.02. The van der Waals surface area contributed by atoms with Gasteiger partial charge in [0.2, 0.25) is 0 Å². The maximum Gasteiger partial charge on any atom is -0.00398 e. The molecule has 0 amide bonds. The quantitative estimate of drug-likeness (QED) is 0.684. The Balaban J connectivity index is 0.000000845. The minimum atomic E-state index is 0. The summed E-state index contributed by atoms with van der Waals surface area (Å²) in [5, 5.41) is 0. The van der Waals surface area contributed by atoms with Crippen LogP contribution in [0.5, 0.6) is 0 Å². The van der Waals surface area contributed by atoms with Crippen LogP contribution in [0.3, 0.4) is 0 Å². The Kier molecular flexibility index (Phi) is 3.09. The largest absolute Gasteiger partial charge is 0.330 e. The van der Waals surface area contributed by atoms with Gasteiger partial charge in [0.1, 0.15) is 0 Å². The van der Waals surface area contributed by atoms with E-state index in [0.717, 1.165) is 24.8 Å². The van der Waals surface area contributed by atoms with Gasteiger partial charge in [-0.25, -0.2) is 0 Å². The highest BCUT2D eigenvalue weighted by molar-refractivity contribution is 5.85. The SMILES string of the molecule is CC1(C)C2CC=C(CCN)C1C2.Cl. The Labute approximate surface area is 87.2 Å². The lowest BCUT2D eigenvalue weighted by Gasteiger charge is -2.56. The molecule has 3 aliphatic rings. The van der Waals surface area contributed by atoms with Gasteiger partial charge in [0, 0.05) is 0 Å². The van der Waals surface area contributed by atoms with Crippen molar-refractivity contribution >= 4 is 12.4 Å². The Morgan fingerprint density at radius 1 is 1.54 bits per heavy atom. The molecule has 1 fully saturated rings. The highest BCUT2D eigenvalue weighted by Crippen LogP contribution is 2.59. The van der Waals surface area contributed by atoms with Crippen LogP contribution in [0, 0.1) is 17.3 Å². The zero-order valence-electron chi connectivity index (χ0n) is 8.55. The van der Waals surface area contributed by atoms with Crippen molar-refractivity contribution in [3.63, 3.8) is 0 Å². The van der Waals surface area contributed by atoms with Crippen LogP contribution in [0.2, 0.25) is 0 Å². The molecule has 13 heavy (non-hydrogen) atoms. The summed E-state index contributed by atoms with van der Waals surface area (Å²) in [4.78, 5) is 0. The first-order chi connectivity index (χ1) is 5.66. The summed E-state index contributed by atoms with van der Waals surface area (Å²) >= 11 is 0. The number of allylic oxidation sites excluding steroid dienone is 1. The van der Waals surface area contributed by atoms with Crippen LogP contribution in [0.1, 0.15) is 33.1 Å². The second-order valence-corrected chi connectivity index (χ2v) is 4.86. The van der Waals surface area contributed by atoms with Crippen LogP contribution in [0.25, 0.3) is 0 Å². The van der Waals surface area contributed by atoms with Gasteiger partial charge in [-0.2, -0.15) is 0 Å². The fourth-order valence-corrected chi connectivity index (χ4v) is 2.92. The molecule has 2 bridgehead atoms. The molecule has 76 valence electrons. The van der Waals surface area contributed by atoms with Gasteiger partial charge in [-0.3, -0.25) is 0 Å². The predicted molar refractivity (Wildman–Crippen MR) is 59.0 cm³/mol. The van der Waals surface area contributed by atoms with Crippen molar-refractivity contribution in [1.82, 2.24) is 0 Å². The summed E-state index contributed by atoms with van der Waals surface area (Å²) in [6.45, 7) is 5.65. The first-order valence-electron chi connectivity index (χ1n) is 5.05. The lowest BCUT2D eigenvalue weighted by molar-refractivity contribution is -0.00797. The van der Waals surface area contributed by atoms with Crippen LogP contribution >= 0.6 is 12.4 Å². The van der Waals surface area contributed by atoms with Gasteiger partial charge < -0.3 is 5.73 Å². The number of nitrogens with two attached hydrogens (primary N) is 1. The van der Waals surface area contributed by atoms with E-state index in [-0.39, 0.29) is 12.4 Å². The molecule has 0 aromatic carbocycles. The summed E-state index contributed by atoms with van der Waals surface area (Å²) in [5.74, 6) is 1.82. The molecule has 0 saturated heterocycles. The zero-order valence-corrected chi connectivity index (χ0v) is 9.36. The Hall–Kier alpha value is -0.0100. The van der Waals surface area contributed by atoms with E-state index in [0.29, 0.717) is 5.41 Å². The molecule has 0 radical (unpaired) electrons. The number of fused-ring (bicyclic) bond motifs is 1. The van der Waals surface area contributed by atoms with E-state index in [2.05, 4.69) is 19.9 Å². The number of rotatable bonds is 2. The molecular weight excluding hydrogens is 182 g/mol. The Bertz CT molecular complexity index is 220. The van der Waals surface area contributed by atoms with Gasteiger partial charge in [0.25, 0.3) is 0 Å². The van der Waals surface area contributed by atoms with Crippen LogP contribution in [-0.2, 0) is 0 Å². The predicted octanol–water partition coefficient (Wildman–Crippen LogP) is 2.75. The monoisotopic (exact) mass is 201 g/mol. The standard InChI is InChI=1S/C11H19N.ClH/c1-11(2)9-4-3-8(5-6-12)10(11)7-9;/h3,9-10H,4-7,12H2,1-2H3;1H. The molecule has 1 nitrogen and oxygen atoms in total. The molecule has 0 aromatic rings. The summed E-state index contributed by atoms with van der Waals surface area (Å²) in [6, 6.07) is 0. The van der Waals surface area contributed by atoms with Crippen LogP contribution < -0.4 is 5.73 Å². The summed E-state index contributed by atoms with van der Waals surface area (Å²) < 4.78 is 0. The van der Waals surface area contributed by atoms with Gasteiger partial charge in [0.15, 0.2) is 0 Å². The third kappa shape index (κ3) is 1.53. The van der Waals surface area contributed by atoms with Crippen molar-refractivity contribution in [2.45, 2.75) is 33.1 Å². The van der Waals surface area contributed by atoms with Gasteiger partial charge >= 0.3 is 0 Å². The average Bonchev–Trinajstić information content (AvgIpc) is 2.05. The summed E-state index contributed by atoms with van der Waals surface area (Å²) in [7, 11) is 0. The van der Waals surface area contributed by atoms with E-state index in [1.54, 1.807) is 5.57 Å². The number of halogens is 1. The van der Waals surface area contributed by atoms with E-state index in [4.69, 9.17) is 5.73 Å². The summed E-state index contributed by atoms with van der Waals surface area (Å²) in [5.41, 5.74) is 7.81. The van der Waals surface area contributed by atoms with Crippen LogP contribution in [0.4, 0.5) is 0 Å². The van der Waals surface area contributed by atoms with Gasteiger partial charge in [-0.15, -0.1) is 12.4 Å². The minimum absolute atomic E-state index is 0. The number of hydrogen-bond acceptors (Lipinski definition) is 1. The molecule has 0 heterocycles. The fourth-order valence-electron chi connectivity index (χ4n) is 2.92. The van der Waals surface area contributed by atoms with Gasteiger partial charge in [-0.05, 0) is 43.1 Å². The van der Waals surface area contributed by atoms with Crippen molar-refractivity contribution in [2.24, 2.45) is 23.0 Å². The molecule has 2 unspecified atom stereocenters. The molecule has 2 atom stereocenters. The van der Waals surface area contributed by atoms with E-state index in [9.17, 15) is 0 Å². The maximum absolute atomic E-state index is 5.59. The van der Waals surface area contributed by atoms with Crippen molar-refractivity contribution in [3.8, 4) is 0 Å². The van der Waals surface area contributed by atoms with Crippen molar-refractivity contribution in [1.29, 1.82) is 0 Å². The molecule has 3 aliphatic carbocycles. The van der Waals surface area contributed by atoms with Gasteiger partial charge in [0.05, 0.1) is 0 Å². The molecule has 2 N–H and O–H groups in total. The van der Waals surface area contributed by atoms with E-state index < -0.39 is 0 Å². The molecule has 2 heteroatoms. The van der Waals surface area contributed by atoms with Gasteiger partial charge in [-0.1, -0.05) is 25.5 Å². The second kappa shape index (κ2) is 3.62. The minimum Gasteiger partial charge on any atom is -0.330 e. The molecule has 0 aliphatic heterocycles. The van der Waals surface area contributed by atoms with Crippen molar-refractivity contribution in [3.05, 3.63) is 11.6 Å². The lowest BCUT2D eigenvalue weighted by atomic mass is 9.48. The fraction of sp³-hybridized carbons (Fsp3) is 0.818. The Morgan fingerprint density at radius 2 is 2.23 bits per heavy atom. The maximum atomic E-state index is 5.59.